The molecule has 4 heterocycles. The number of benzene rings is 1. The van der Waals surface area contributed by atoms with Crippen LogP contribution in [0.4, 0.5) is 0 Å². The van der Waals surface area contributed by atoms with Gasteiger partial charge in [-0.15, -0.1) is 0 Å². The fraction of sp³-hybridized carbons (Fsp3) is 0.143. The Morgan fingerprint density at radius 1 is 0.929 bits per heavy atom. The summed E-state index contributed by atoms with van der Waals surface area (Å²) in [5.41, 5.74) is 3.77. The number of hydrogen-bond acceptors (Lipinski definition) is 4. The van der Waals surface area contributed by atoms with Crippen molar-refractivity contribution in [1.82, 2.24) is 24.7 Å². The van der Waals surface area contributed by atoms with Crippen LogP contribution >= 0.6 is 0 Å². The fourth-order valence-corrected chi connectivity index (χ4v) is 3.65. The molecule has 1 unspecified atom stereocenters. The SMILES string of the molecule is O=C1NCCC1n1nc(-c2c(-c3ccccc3)nn3ccccc23)ccc1=O. The Morgan fingerprint density at radius 2 is 1.75 bits per heavy atom. The summed E-state index contributed by atoms with van der Waals surface area (Å²) in [5, 5.41) is 12.1. The standard InChI is InChI=1S/C21H17N5O2/c27-18-10-9-15(23-26(18)17-11-12-22-21(17)28)19-16-8-4-5-13-25(16)24-20(19)14-6-2-1-3-7-14/h1-10,13,17H,11-12H2,(H,22,28). The van der Waals surface area contributed by atoms with Gasteiger partial charge in [0.1, 0.15) is 11.7 Å². The van der Waals surface area contributed by atoms with E-state index < -0.39 is 6.04 Å². The zero-order chi connectivity index (χ0) is 19.1. The number of hydrogen-bond donors (Lipinski definition) is 1. The summed E-state index contributed by atoms with van der Waals surface area (Å²) in [6, 6.07) is 18.3. The Morgan fingerprint density at radius 3 is 2.54 bits per heavy atom. The van der Waals surface area contributed by atoms with Crippen molar-refractivity contribution in [2.24, 2.45) is 0 Å². The maximum Gasteiger partial charge on any atom is 0.267 e. The monoisotopic (exact) mass is 371 g/mol. The minimum Gasteiger partial charge on any atom is -0.354 e. The normalized spacial score (nSPS) is 16.4. The second-order valence-corrected chi connectivity index (χ2v) is 6.72. The fourth-order valence-electron chi connectivity index (χ4n) is 3.65. The van der Waals surface area contributed by atoms with Gasteiger partial charge in [0.25, 0.3) is 5.56 Å². The van der Waals surface area contributed by atoms with Crippen LogP contribution in [0.5, 0.6) is 0 Å². The first-order valence-electron chi connectivity index (χ1n) is 9.13. The molecule has 1 atom stereocenters. The van der Waals surface area contributed by atoms with E-state index in [-0.39, 0.29) is 11.5 Å². The lowest BCUT2D eigenvalue weighted by atomic mass is 10.0. The Balaban J connectivity index is 1.76. The molecule has 1 aliphatic heterocycles. The summed E-state index contributed by atoms with van der Waals surface area (Å²) >= 11 is 0. The molecule has 0 aliphatic carbocycles. The molecule has 1 fully saturated rings. The van der Waals surface area contributed by atoms with Crippen molar-refractivity contribution in [1.29, 1.82) is 0 Å². The van der Waals surface area contributed by atoms with Gasteiger partial charge in [-0.2, -0.15) is 10.2 Å². The minimum absolute atomic E-state index is 0.171. The molecule has 1 N–H and O–H groups in total. The van der Waals surface area contributed by atoms with Crippen molar-refractivity contribution >= 4 is 11.4 Å². The summed E-state index contributed by atoms with van der Waals surface area (Å²) in [5.74, 6) is -0.171. The summed E-state index contributed by atoms with van der Waals surface area (Å²) < 4.78 is 3.09. The van der Waals surface area contributed by atoms with Gasteiger partial charge < -0.3 is 5.32 Å². The first-order chi connectivity index (χ1) is 13.7. The summed E-state index contributed by atoms with van der Waals surface area (Å²) in [7, 11) is 0. The molecule has 3 aromatic heterocycles. The molecular weight excluding hydrogens is 354 g/mol. The quantitative estimate of drug-likeness (QED) is 0.599. The van der Waals surface area contributed by atoms with E-state index in [4.69, 9.17) is 5.10 Å². The van der Waals surface area contributed by atoms with Crippen LogP contribution in [0.2, 0.25) is 0 Å². The van der Waals surface area contributed by atoms with Gasteiger partial charge in [-0.3, -0.25) is 9.59 Å². The zero-order valence-corrected chi connectivity index (χ0v) is 14.9. The topological polar surface area (TPSA) is 81.3 Å². The second kappa shape index (κ2) is 6.45. The summed E-state index contributed by atoms with van der Waals surface area (Å²) in [6.45, 7) is 0.549. The number of nitrogens with one attached hydrogen (secondary N) is 1. The Bertz CT molecular complexity index is 1240. The highest BCUT2D eigenvalue weighted by molar-refractivity contribution is 5.90. The van der Waals surface area contributed by atoms with Gasteiger partial charge in [0.15, 0.2) is 0 Å². The molecule has 138 valence electrons. The molecule has 7 nitrogen and oxygen atoms in total. The number of rotatable bonds is 3. The van der Waals surface area contributed by atoms with Crippen molar-refractivity contribution in [3.05, 3.63) is 77.2 Å². The molecule has 4 aromatic rings. The van der Waals surface area contributed by atoms with E-state index in [2.05, 4.69) is 10.4 Å². The average Bonchev–Trinajstić information content (AvgIpc) is 3.33. The maximum absolute atomic E-state index is 12.4. The smallest absolute Gasteiger partial charge is 0.267 e. The molecule has 0 spiro atoms. The van der Waals surface area contributed by atoms with Crippen molar-refractivity contribution in [3.63, 3.8) is 0 Å². The number of nitrogens with zero attached hydrogens (tertiary/aromatic N) is 4. The molecule has 1 amide bonds. The van der Waals surface area contributed by atoms with Crippen LogP contribution in [0.3, 0.4) is 0 Å². The highest BCUT2D eigenvalue weighted by Crippen LogP contribution is 2.33. The van der Waals surface area contributed by atoms with Crippen LogP contribution in [0.15, 0.2) is 71.7 Å². The minimum atomic E-state index is -0.575. The summed E-state index contributed by atoms with van der Waals surface area (Å²) in [6.07, 6.45) is 2.43. The molecule has 0 saturated carbocycles. The van der Waals surface area contributed by atoms with Gasteiger partial charge in [-0.1, -0.05) is 36.4 Å². The number of carbonyl (C=O) groups is 1. The van der Waals surface area contributed by atoms with E-state index in [9.17, 15) is 9.59 Å². The molecule has 0 radical (unpaired) electrons. The van der Waals surface area contributed by atoms with Gasteiger partial charge in [-0.25, -0.2) is 9.20 Å². The van der Waals surface area contributed by atoms with Gasteiger partial charge in [0.05, 0.1) is 16.8 Å². The van der Waals surface area contributed by atoms with E-state index in [1.54, 1.807) is 10.6 Å². The van der Waals surface area contributed by atoms with Gasteiger partial charge in [0, 0.05) is 24.4 Å². The third kappa shape index (κ3) is 2.60. The lowest BCUT2D eigenvalue weighted by Crippen LogP contribution is -2.31. The third-order valence-corrected chi connectivity index (χ3v) is 4.98. The van der Waals surface area contributed by atoms with Crippen LogP contribution in [-0.2, 0) is 4.79 Å². The van der Waals surface area contributed by atoms with E-state index in [0.717, 1.165) is 22.3 Å². The van der Waals surface area contributed by atoms with Crippen LogP contribution < -0.4 is 10.9 Å². The van der Waals surface area contributed by atoms with Crippen LogP contribution in [0.1, 0.15) is 12.5 Å². The zero-order valence-electron chi connectivity index (χ0n) is 14.9. The summed E-state index contributed by atoms with van der Waals surface area (Å²) in [4.78, 5) is 24.5. The molecule has 1 aliphatic rings. The van der Waals surface area contributed by atoms with Crippen LogP contribution in [-0.4, -0.2) is 31.8 Å². The van der Waals surface area contributed by atoms with Crippen molar-refractivity contribution in [3.8, 4) is 22.5 Å². The number of aromatic nitrogens is 4. The highest BCUT2D eigenvalue weighted by atomic mass is 16.2. The Labute approximate surface area is 160 Å². The molecule has 1 saturated heterocycles. The van der Waals surface area contributed by atoms with Gasteiger partial charge in [0.2, 0.25) is 5.91 Å². The molecular formula is C21H17N5O2. The third-order valence-electron chi connectivity index (χ3n) is 4.98. The maximum atomic E-state index is 12.4. The van der Waals surface area contributed by atoms with Crippen molar-refractivity contribution in [2.75, 3.05) is 6.54 Å². The van der Waals surface area contributed by atoms with Gasteiger partial charge >= 0.3 is 0 Å². The Hall–Kier alpha value is -3.74. The number of pyridine rings is 1. The first-order valence-corrected chi connectivity index (χ1v) is 9.13. The van der Waals surface area contributed by atoms with E-state index in [1.807, 2.05) is 54.7 Å². The largest absolute Gasteiger partial charge is 0.354 e. The predicted molar refractivity (Wildman–Crippen MR) is 105 cm³/mol. The van der Waals surface area contributed by atoms with Gasteiger partial charge in [-0.05, 0) is 24.6 Å². The van der Waals surface area contributed by atoms with Crippen LogP contribution in [0, 0.1) is 0 Å². The van der Waals surface area contributed by atoms with Crippen molar-refractivity contribution < 1.29 is 4.79 Å². The van der Waals surface area contributed by atoms with E-state index in [1.165, 1.54) is 10.7 Å². The molecule has 1 aromatic carbocycles. The highest BCUT2D eigenvalue weighted by Gasteiger charge is 2.28. The van der Waals surface area contributed by atoms with Crippen molar-refractivity contribution in [2.45, 2.75) is 12.5 Å². The lowest BCUT2D eigenvalue weighted by Gasteiger charge is -2.11. The number of carbonyl (C=O) groups excluding carboxylic acids is 1. The second-order valence-electron chi connectivity index (χ2n) is 6.72. The number of fused-ring (bicyclic) bond motifs is 1. The number of amides is 1. The molecule has 7 heteroatoms. The first kappa shape index (κ1) is 16.4. The van der Waals surface area contributed by atoms with E-state index in [0.29, 0.717) is 18.7 Å². The lowest BCUT2D eigenvalue weighted by molar-refractivity contribution is -0.122. The molecule has 28 heavy (non-hydrogen) atoms. The average molecular weight is 371 g/mol. The van der Waals surface area contributed by atoms with Crippen LogP contribution in [0.25, 0.3) is 28.0 Å². The molecule has 0 bridgehead atoms. The predicted octanol–water partition coefficient (Wildman–Crippen LogP) is 2.29. The Kier molecular flexibility index (Phi) is 3.79. The molecule has 5 rings (SSSR count). The van der Waals surface area contributed by atoms with E-state index >= 15 is 0 Å².